The van der Waals surface area contributed by atoms with Crippen LogP contribution in [0.4, 0.5) is 11.6 Å². The highest BCUT2D eigenvalue weighted by atomic mass is 28.5. The van der Waals surface area contributed by atoms with Crippen molar-refractivity contribution < 1.29 is 8.23 Å². The number of fused-ring (bicyclic) bond motifs is 14. The van der Waals surface area contributed by atoms with Gasteiger partial charge in [-0.3, -0.25) is 8.47 Å². The van der Waals surface area contributed by atoms with Crippen LogP contribution in [0.3, 0.4) is 0 Å². The minimum Gasteiger partial charge on any atom is -0.404 e. The first-order chi connectivity index (χ1) is 33.9. The Morgan fingerprint density at radius 3 is 0.971 bits per heavy atom. The van der Waals surface area contributed by atoms with Crippen LogP contribution in [-0.4, -0.2) is 57.3 Å². The number of nitrogens with zero attached hydrogens (tertiary/aromatic N) is 8. The van der Waals surface area contributed by atoms with E-state index in [0.717, 1.165) is 180 Å². The maximum Gasteiger partial charge on any atom is 0.582 e. The third-order valence-electron chi connectivity index (χ3n) is 14.9. The molecule has 0 aliphatic carbocycles. The van der Waals surface area contributed by atoms with Gasteiger partial charge in [-0.25, -0.2) is 30.0 Å². The van der Waals surface area contributed by atoms with Gasteiger partial charge < -0.3 is 8.23 Å². The Kier molecular flexibility index (Phi) is 13.9. The molecule has 6 bridgehead atoms. The smallest absolute Gasteiger partial charge is 0.404 e. The summed E-state index contributed by atoms with van der Waals surface area (Å²) in [7, 11) is -9.87. The number of aromatic nitrogens is 2. The molecular weight excluding hydrogens is 901 g/mol. The summed E-state index contributed by atoms with van der Waals surface area (Å²) in [6.45, 7) is 14.0. The van der Waals surface area contributed by atoms with Gasteiger partial charge in [-0.1, -0.05) is 216 Å². The summed E-state index contributed by atoms with van der Waals surface area (Å²) in [5, 5.41) is 3.96. The molecule has 0 fully saturated rings. The Morgan fingerprint density at radius 2 is 0.652 bits per heavy atom. The molecule has 6 heterocycles. The molecule has 0 unspecified atom stereocenters. The second-order valence-electron chi connectivity index (χ2n) is 19.9. The number of hydrogen-bond acceptors (Lipinski definition) is 8. The third kappa shape index (κ3) is 8.55. The summed E-state index contributed by atoms with van der Waals surface area (Å²) < 4.78 is 23.1. The first kappa shape index (κ1) is 47.5. The van der Waals surface area contributed by atoms with Gasteiger partial charge in [0, 0.05) is 43.8 Å². The lowest BCUT2D eigenvalue weighted by atomic mass is 10.1. The molecule has 0 spiro atoms. The average molecular weight is 971 g/mol. The molecule has 0 atom stereocenters. The molecular formula is C56H70N8O2Si3. The SMILES string of the molecule is CCCC[Si](CCCC)(CCCC)O[Si]1(O[Si](CCCC)(CCCC)CCCC)n2c3c4ccccc4c2N=C2N=C(N=c4c5ccccc5c(n41)=NC1=NC(=N3)c3ccccc31)c1ccccc12. The molecule has 4 aliphatic rings. The Labute approximate surface area is 411 Å². The van der Waals surface area contributed by atoms with Gasteiger partial charge in [-0.05, 0) is 36.3 Å². The lowest BCUT2D eigenvalue weighted by Crippen LogP contribution is -2.71. The van der Waals surface area contributed by atoms with Crippen molar-refractivity contribution in [3.8, 4) is 0 Å². The number of amidine groups is 4. The number of rotatable bonds is 22. The maximum atomic E-state index is 9.08. The van der Waals surface area contributed by atoms with E-state index in [1.807, 2.05) is 0 Å². The van der Waals surface area contributed by atoms with Crippen molar-refractivity contribution in [3.05, 3.63) is 130 Å². The van der Waals surface area contributed by atoms with E-state index in [1.165, 1.54) is 0 Å². The molecule has 358 valence electrons. The van der Waals surface area contributed by atoms with Gasteiger partial charge >= 0.3 is 8.88 Å². The molecule has 10 nitrogen and oxygen atoms in total. The van der Waals surface area contributed by atoms with Gasteiger partial charge in [0.15, 0.2) is 40.0 Å². The lowest BCUT2D eigenvalue weighted by Gasteiger charge is -2.47. The lowest BCUT2D eigenvalue weighted by molar-refractivity contribution is 0.319. The Morgan fingerprint density at radius 1 is 0.362 bits per heavy atom. The van der Waals surface area contributed by atoms with Gasteiger partial charge in [0.2, 0.25) is 0 Å². The van der Waals surface area contributed by atoms with Crippen LogP contribution >= 0.6 is 0 Å². The summed E-state index contributed by atoms with van der Waals surface area (Å²) in [5.41, 5.74) is 5.38. The van der Waals surface area contributed by atoms with Gasteiger partial charge in [0.1, 0.15) is 22.6 Å². The van der Waals surface area contributed by atoms with Crippen LogP contribution in [0.2, 0.25) is 36.3 Å². The van der Waals surface area contributed by atoms with Crippen molar-refractivity contribution in [2.45, 2.75) is 155 Å². The molecule has 0 amide bonds. The predicted molar refractivity (Wildman–Crippen MR) is 293 cm³/mol. The van der Waals surface area contributed by atoms with E-state index in [4.69, 9.17) is 38.2 Å². The minimum atomic E-state index is -4.34. The van der Waals surface area contributed by atoms with E-state index in [-0.39, 0.29) is 0 Å². The highest BCUT2D eigenvalue weighted by molar-refractivity contribution is 6.89. The van der Waals surface area contributed by atoms with Crippen molar-refractivity contribution in [1.29, 1.82) is 0 Å². The monoisotopic (exact) mass is 970 g/mol. The van der Waals surface area contributed by atoms with Crippen LogP contribution in [0.1, 0.15) is 141 Å². The van der Waals surface area contributed by atoms with Crippen molar-refractivity contribution in [1.82, 2.24) is 8.47 Å². The topological polar surface area (TPSA) is 102 Å². The van der Waals surface area contributed by atoms with Crippen molar-refractivity contribution in [2.24, 2.45) is 30.0 Å². The molecule has 10 rings (SSSR count). The minimum absolute atomic E-state index is 0.640. The average Bonchev–Trinajstić information content (AvgIpc) is 4.10. The van der Waals surface area contributed by atoms with E-state index in [0.29, 0.717) is 23.3 Å². The number of aliphatic imine (C=N–C) groups is 4. The van der Waals surface area contributed by atoms with Crippen molar-refractivity contribution >= 4 is 82.0 Å². The van der Waals surface area contributed by atoms with Crippen LogP contribution in [0.15, 0.2) is 127 Å². The van der Waals surface area contributed by atoms with E-state index in [9.17, 15) is 0 Å². The Balaban J connectivity index is 1.50. The zero-order chi connectivity index (χ0) is 47.6. The molecule has 13 heteroatoms. The molecule has 69 heavy (non-hydrogen) atoms. The zero-order valence-electron chi connectivity index (χ0n) is 41.9. The van der Waals surface area contributed by atoms with Gasteiger partial charge in [0.25, 0.3) is 0 Å². The third-order valence-corrected chi connectivity index (χ3v) is 30.1. The second kappa shape index (κ2) is 20.3. The molecule has 4 aliphatic heterocycles. The molecule has 2 aromatic heterocycles. The summed E-state index contributed by atoms with van der Waals surface area (Å²) in [4.78, 5) is 34.2. The van der Waals surface area contributed by atoms with Crippen LogP contribution in [-0.2, 0) is 8.23 Å². The molecule has 0 saturated heterocycles. The van der Waals surface area contributed by atoms with Crippen LogP contribution in [0, 0.1) is 0 Å². The van der Waals surface area contributed by atoms with E-state index in [1.54, 1.807) is 0 Å². The quantitative estimate of drug-likeness (QED) is 0.0633. The number of unbranched alkanes of at least 4 members (excludes halogenated alkanes) is 6. The first-order valence-corrected chi connectivity index (χ1v) is 33.3. The summed E-state index contributed by atoms with van der Waals surface area (Å²) in [6, 6.07) is 40.6. The van der Waals surface area contributed by atoms with E-state index in [2.05, 4.69) is 147 Å². The van der Waals surface area contributed by atoms with Crippen LogP contribution < -0.4 is 11.0 Å². The summed E-state index contributed by atoms with van der Waals surface area (Å²) in [5.74, 6) is 4.10. The van der Waals surface area contributed by atoms with E-state index < -0.39 is 25.5 Å². The van der Waals surface area contributed by atoms with E-state index >= 15 is 0 Å². The molecule has 4 aromatic carbocycles. The van der Waals surface area contributed by atoms with Crippen molar-refractivity contribution in [3.63, 3.8) is 0 Å². The zero-order valence-corrected chi connectivity index (χ0v) is 44.9. The molecule has 0 N–H and O–H groups in total. The number of benzene rings is 4. The summed E-state index contributed by atoms with van der Waals surface area (Å²) >= 11 is 0. The predicted octanol–water partition coefficient (Wildman–Crippen LogP) is 14.1. The number of hydrogen-bond donors (Lipinski definition) is 0. The summed E-state index contributed by atoms with van der Waals surface area (Å²) in [6.07, 6.45) is 13.2. The van der Waals surface area contributed by atoms with Crippen molar-refractivity contribution in [2.75, 3.05) is 0 Å². The van der Waals surface area contributed by atoms with Gasteiger partial charge in [-0.2, -0.15) is 0 Å². The van der Waals surface area contributed by atoms with Gasteiger partial charge in [-0.15, -0.1) is 0 Å². The normalized spacial score (nSPS) is 15.5. The van der Waals surface area contributed by atoms with Crippen LogP contribution in [0.25, 0.3) is 21.5 Å². The highest BCUT2D eigenvalue weighted by Gasteiger charge is 2.60. The highest BCUT2D eigenvalue weighted by Crippen LogP contribution is 2.47. The first-order valence-electron chi connectivity index (χ1n) is 26.5. The van der Waals surface area contributed by atoms with Crippen LogP contribution in [0.5, 0.6) is 0 Å². The molecule has 6 aromatic rings. The fraction of sp³-hybridized carbons (Fsp3) is 0.429. The largest absolute Gasteiger partial charge is 0.582 e. The fourth-order valence-electron chi connectivity index (χ4n) is 11.3. The second-order valence-corrected chi connectivity index (χ2v) is 31.2. The maximum absolute atomic E-state index is 9.08. The van der Waals surface area contributed by atoms with Gasteiger partial charge in [0.05, 0.1) is 0 Å². The Bertz CT molecular complexity index is 2900. The standard InChI is InChI=1S/C56H70N8O2Si3/c1-7-13-35-67(36-14-8-2,37-15-9-3)65-69(66-68(38-16-10-4,39-17-11-5)40-18-12-6)63-53-45-31-23-24-32-46(45)55(63)61-51-43-29-21-22-30-44(43)52(58-51)62-56-48-34-26-25-33-47(48)54(64(56)69)60-50-42-28-20-19-27-41(42)49(57-50)59-53/h19-34H,7-18,35-40H2,1-6H3. The fourth-order valence-corrected chi connectivity index (χ4v) is 29.7. The Hall–Kier alpha value is -5.19. The molecule has 0 radical (unpaired) electrons. The molecule has 0 saturated carbocycles.